The molecular formula is C14H22O2. The number of allylic oxidation sites excluding steroid dienone is 1. The van der Waals surface area contributed by atoms with Gasteiger partial charge in [-0.05, 0) is 55.8 Å². The lowest BCUT2D eigenvalue weighted by molar-refractivity contribution is -0.132. The van der Waals surface area contributed by atoms with E-state index >= 15 is 0 Å². The molecule has 2 fully saturated rings. The van der Waals surface area contributed by atoms with Gasteiger partial charge in [-0.25, -0.2) is 4.79 Å². The average molecular weight is 222 g/mol. The van der Waals surface area contributed by atoms with Crippen LogP contribution in [0.1, 0.15) is 52.9 Å². The Hall–Kier alpha value is -0.790. The number of carboxylic acid groups (broad SMARTS) is 1. The monoisotopic (exact) mass is 222 g/mol. The maximum atomic E-state index is 10.9. The molecule has 2 aliphatic rings. The van der Waals surface area contributed by atoms with Crippen LogP contribution in [0.2, 0.25) is 0 Å². The molecular weight excluding hydrogens is 200 g/mol. The summed E-state index contributed by atoms with van der Waals surface area (Å²) in [5, 5.41) is 8.99. The van der Waals surface area contributed by atoms with Gasteiger partial charge in [-0.15, -0.1) is 0 Å². The van der Waals surface area contributed by atoms with Crippen LogP contribution in [-0.4, -0.2) is 11.1 Å². The predicted octanol–water partition coefficient (Wildman–Crippen LogP) is 3.62. The highest BCUT2D eigenvalue weighted by Crippen LogP contribution is 2.63. The van der Waals surface area contributed by atoms with Crippen LogP contribution in [0.4, 0.5) is 0 Å². The van der Waals surface area contributed by atoms with Gasteiger partial charge in [0.25, 0.3) is 0 Å². The van der Waals surface area contributed by atoms with Gasteiger partial charge in [0, 0.05) is 5.57 Å². The highest BCUT2D eigenvalue weighted by Gasteiger charge is 2.52. The third-order valence-corrected chi connectivity index (χ3v) is 5.02. The fourth-order valence-corrected chi connectivity index (χ4v) is 3.85. The first-order valence-electron chi connectivity index (χ1n) is 6.29. The minimum absolute atomic E-state index is 0.0285. The minimum atomic E-state index is -0.781. The number of carbonyl (C=O) groups is 1. The molecule has 0 heterocycles. The summed E-state index contributed by atoms with van der Waals surface area (Å²) in [6, 6.07) is 0. The average Bonchev–Trinajstić information content (AvgIpc) is 2.77. The van der Waals surface area contributed by atoms with Crippen molar-refractivity contribution in [3.05, 3.63) is 11.6 Å². The SMILES string of the molecule is CC(=CC(C)(C)C12CCC(CC1)C2)C(=O)O. The summed E-state index contributed by atoms with van der Waals surface area (Å²) in [6.45, 7) is 6.14. The number of carboxylic acids is 1. The van der Waals surface area contributed by atoms with E-state index in [1.54, 1.807) is 6.92 Å². The molecule has 2 nitrogen and oxygen atoms in total. The van der Waals surface area contributed by atoms with Crippen LogP contribution in [0, 0.1) is 16.7 Å². The van der Waals surface area contributed by atoms with Crippen molar-refractivity contribution in [1.29, 1.82) is 0 Å². The number of hydrogen-bond donors (Lipinski definition) is 1. The van der Waals surface area contributed by atoms with Crippen molar-refractivity contribution < 1.29 is 9.90 Å². The van der Waals surface area contributed by atoms with Crippen molar-refractivity contribution in [2.24, 2.45) is 16.7 Å². The molecule has 0 saturated heterocycles. The van der Waals surface area contributed by atoms with E-state index < -0.39 is 5.97 Å². The number of rotatable bonds is 3. The van der Waals surface area contributed by atoms with Crippen LogP contribution in [0.15, 0.2) is 11.6 Å². The second-order valence-corrected chi connectivity index (χ2v) is 6.28. The predicted molar refractivity (Wildman–Crippen MR) is 64.2 cm³/mol. The van der Waals surface area contributed by atoms with E-state index in [-0.39, 0.29) is 5.41 Å². The topological polar surface area (TPSA) is 37.3 Å². The molecule has 0 aromatic heterocycles. The summed E-state index contributed by atoms with van der Waals surface area (Å²) in [6.07, 6.45) is 8.57. The lowest BCUT2D eigenvalue weighted by Crippen LogP contribution is -2.33. The highest BCUT2D eigenvalue weighted by molar-refractivity contribution is 5.85. The molecule has 2 saturated carbocycles. The van der Waals surface area contributed by atoms with Crippen LogP contribution in [0.3, 0.4) is 0 Å². The Morgan fingerprint density at radius 2 is 1.94 bits per heavy atom. The van der Waals surface area contributed by atoms with E-state index in [1.807, 2.05) is 6.08 Å². The van der Waals surface area contributed by atoms with E-state index in [0.717, 1.165) is 5.92 Å². The highest BCUT2D eigenvalue weighted by atomic mass is 16.4. The third kappa shape index (κ3) is 1.68. The van der Waals surface area contributed by atoms with Crippen LogP contribution in [-0.2, 0) is 4.79 Å². The molecule has 0 atom stereocenters. The smallest absolute Gasteiger partial charge is 0.330 e. The van der Waals surface area contributed by atoms with Crippen molar-refractivity contribution in [3.8, 4) is 0 Å². The van der Waals surface area contributed by atoms with Gasteiger partial charge >= 0.3 is 5.97 Å². The van der Waals surface area contributed by atoms with Crippen molar-refractivity contribution in [3.63, 3.8) is 0 Å². The number of fused-ring (bicyclic) bond motifs is 2. The summed E-state index contributed by atoms with van der Waals surface area (Å²) in [4.78, 5) is 10.9. The van der Waals surface area contributed by atoms with Gasteiger partial charge < -0.3 is 5.11 Å². The first-order valence-corrected chi connectivity index (χ1v) is 6.29. The van der Waals surface area contributed by atoms with Gasteiger partial charge in [-0.3, -0.25) is 0 Å². The molecule has 16 heavy (non-hydrogen) atoms. The molecule has 0 aliphatic heterocycles. The fourth-order valence-electron chi connectivity index (χ4n) is 3.85. The van der Waals surface area contributed by atoms with Gasteiger partial charge in [0.1, 0.15) is 0 Å². The summed E-state index contributed by atoms with van der Waals surface area (Å²) in [5.41, 5.74) is 0.907. The van der Waals surface area contributed by atoms with Gasteiger partial charge in [0.2, 0.25) is 0 Å². The molecule has 0 spiro atoms. The Morgan fingerprint density at radius 1 is 1.38 bits per heavy atom. The molecule has 2 rings (SSSR count). The first kappa shape index (κ1) is 11.7. The van der Waals surface area contributed by atoms with Gasteiger partial charge in [0.15, 0.2) is 0 Å². The lowest BCUT2D eigenvalue weighted by atomic mass is 9.63. The zero-order valence-corrected chi connectivity index (χ0v) is 10.5. The van der Waals surface area contributed by atoms with Crippen LogP contribution < -0.4 is 0 Å². The van der Waals surface area contributed by atoms with Crippen molar-refractivity contribution in [2.45, 2.75) is 52.9 Å². The standard InChI is InChI=1S/C14H22O2/c1-10(12(15)16)8-13(2,3)14-6-4-11(9-14)5-7-14/h8,11H,4-7,9H2,1-3H3,(H,15,16). The molecule has 0 radical (unpaired) electrons. The largest absolute Gasteiger partial charge is 0.478 e. The van der Waals surface area contributed by atoms with Gasteiger partial charge in [0.05, 0.1) is 0 Å². The summed E-state index contributed by atoms with van der Waals surface area (Å²) in [7, 11) is 0. The van der Waals surface area contributed by atoms with E-state index in [1.165, 1.54) is 32.1 Å². The third-order valence-electron chi connectivity index (χ3n) is 5.02. The molecule has 0 aromatic rings. The second kappa shape index (κ2) is 3.61. The molecule has 0 unspecified atom stereocenters. The quantitative estimate of drug-likeness (QED) is 0.740. The zero-order valence-electron chi connectivity index (χ0n) is 10.5. The van der Waals surface area contributed by atoms with Crippen LogP contribution in [0.5, 0.6) is 0 Å². The van der Waals surface area contributed by atoms with Gasteiger partial charge in [-0.1, -0.05) is 19.9 Å². The summed E-state index contributed by atoms with van der Waals surface area (Å²) < 4.78 is 0. The Balaban J connectivity index is 2.25. The minimum Gasteiger partial charge on any atom is -0.478 e. The summed E-state index contributed by atoms with van der Waals surface area (Å²) >= 11 is 0. The van der Waals surface area contributed by atoms with Crippen LogP contribution >= 0.6 is 0 Å². The molecule has 2 aliphatic carbocycles. The molecule has 1 N–H and O–H groups in total. The number of aliphatic carboxylic acids is 1. The molecule has 2 bridgehead atoms. The van der Waals surface area contributed by atoms with Crippen molar-refractivity contribution in [2.75, 3.05) is 0 Å². The normalized spacial score (nSPS) is 34.4. The van der Waals surface area contributed by atoms with Crippen molar-refractivity contribution in [1.82, 2.24) is 0 Å². The maximum Gasteiger partial charge on any atom is 0.330 e. The molecule has 0 amide bonds. The van der Waals surface area contributed by atoms with E-state index in [0.29, 0.717) is 11.0 Å². The number of hydrogen-bond acceptors (Lipinski definition) is 1. The van der Waals surface area contributed by atoms with Gasteiger partial charge in [-0.2, -0.15) is 0 Å². The summed E-state index contributed by atoms with van der Waals surface area (Å²) in [5.74, 6) is 0.134. The Kier molecular flexibility index (Phi) is 2.64. The molecule has 0 aromatic carbocycles. The zero-order chi connectivity index (χ0) is 12.0. The van der Waals surface area contributed by atoms with Crippen LogP contribution in [0.25, 0.3) is 0 Å². The first-order chi connectivity index (χ1) is 7.36. The maximum absolute atomic E-state index is 10.9. The second-order valence-electron chi connectivity index (χ2n) is 6.28. The van der Waals surface area contributed by atoms with Crippen molar-refractivity contribution >= 4 is 5.97 Å². The molecule has 2 heteroatoms. The van der Waals surface area contributed by atoms with E-state index in [2.05, 4.69) is 13.8 Å². The lowest BCUT2D eigenvalue weighted by Gasteiger charge is -2.41. The fraction of sp³-hybridized carbons (Fsp3) is 0.786. The molecule has 90 valence electrons. The van der Waals surface area contributed by atoms with E-state index in [9.17, 15) is 4.79 Å². The Morgan fingerprint density at radius 3 is 2.31 bits per heavy atom. The van der Waals surface area contributed by atoms with E-state index in [4.69, 9.17) is 5.11 Å². The Labute approximate surface area is 97.7 Å². The Bertz CT molecular complexity index is 331.